The summed E-state index contributed by atoms with van der Waals surface area (Å²) in [6.45, 7) is 6.69. The number of esters is 3. The van der Waals surface area contributed by atoms with Crippen LogP contribution in [0.1, 0.15) is 406 Å². The third kappa shape index (κ3) is 66.6. The lowest BCUT2D eigenvalue weighted by atomic mass is 10.0. The molecule has 0 radical (unpaired) electrons. The summed E-state index contributed by atoms with van der Waals surface area (Å²) in [6, 6.07) is 0. The van der Waals surface area contributed by atoms with Crippen molar-refractivity contribution in [3.8, 4) is 0 Å². The van der Waals surface area contributed by atoms with Gasteiger partial charge in [-0.25, -0.2) is 0 Å². The van der Waals surface area contributed by atoms with Gasteiger partial charge < -0.3 is 14.2 Å². The molecule has 0 fully saturated rings. The molecule has 0 saturated heterocycles. The van der Waals surface area contributed by atoms with Crippen molar-refractivity contribution in [2.45, 2.75) is 412 Å². The maximum absolute atomic E-state index is 12.9. The first-order valence-corrected chi connectivity index (χ1v) is 35.8. The van der Waals surface area contributed by atoms with Crippen LogP contribution < -0.4 is 0 Å². The summed E-state index contributed by atoms with van der Waals surface area (Å²) in [5.41, 5.74) is 0. The lowest BCUT2D eigenvalue weighted by Gasteiger charge is -2.18. The first-order valence-electron chi connectivity index (χ1n) is 35.8. The monoisotopic (exact) mass is 1110 g/mol. The van der Waals surface area contributed by atoms with E-state index in [1.807, 2.05) is 0 Å². The summed E-state index contributed by atoms with van der Waals surface area (Å²) in [4.78, 5) is 38.3. The van der Waals surface area contributed by atoms with E-state index in [0.29, 0.717) is 19.3 Å². The Balaban J connectivity index is 4.09. The maximum Gasteiger partial charge on any atom is 0.306 e. The van der Waals surface area contributed by atoms with Gasteiger partial charge in [0.05, 0.1) is 0 Å². The maximum atomic E-state index is 12.9. The number of carbonyl (C=O) groups is 3. The van der Waals surface area contributed by atoms with E-state index in [2.05, 4.69) is 45.1 Å². The van der Waals surface area contributed by atoms with Crippen molar-refractivity contribution in [2.75, 3.05) is 13.2 Å². The normalized spacial score (nSPS) is 12.1. The highest BCUT2D eigenvalue weighted by Gasteiger charge is 2.19. The Labute approximate surface area is 493 Å². The minimum Gasteiger partial charge on any atom is -0.462 e. The Morgan fingerprint density at radius 1 is 0.253 bits per heavy atom. The Morgan fingerprint density at radius 2 is 0.456 bits per heavy atom. The van der Waals surface area contributed by atoms with E-state index in [1.54, 1.807) is 0 Å². The molecular formula is C73H138O6. The molecule has 466 valence electrons. The van der Waals surface area contributed by atoms with Crippen LogP contribution in [0.2, 0.25) is 0 Å². The van der Waals surface area contributed by atoms with E-state index >= 15 is 0 Å². The number of allylic oxidation sites excluding steroid dienone is 4. The summed E-state index contributed by atoms with van der Waals surface area (Å²) in [5, 5.41) is 0. The van der Waals surface area contributed by atoms with Gasteiger partial charge in [-0.15, -0.1) is 0 Å². The number of hydrogen-bond donors (Lipinski definition) is 0. The minimum atomic E-state index is -0.766. The number of ether oxygens (including phenoxy) is 3. The van der Waals surface area contributed by atoms with Crippen LogP contribution >= 0.6 is 0 Å². The molecule has 6 heteroatoms. The summed E-state index contributed by atoms with van der Waals surface area (Å²) in [5.74, 6) is -0.836. The van der Waals surface area contributed by atoms with Crippen molar-refractivity contribution in [3.05, 3.63) is 24.3 Å². The van der Waals surface area contributed by atoms with Crippen LogP contribution in [0.3, 0.4) is 0 Å². The Kier molecular flexibility index (Phi) is 66.6. The summed E-state index contributed by atoms with van der Waals surface area (Å²) < 4.78 is 17.0. The lowest BCUT2D eigenvalue weighted by molar-refractivity contribution is -0.167. The van der Waals surface area contributed by atoms with Gasteiger partial charge >= 0.3 is 17.9 Å². The Morgan fingerprint density at radius 3 is 0.696 bits per heavy atom. The second-order valence-corrected chi connectivity index (χ2v) is 24.5. The molecule has 0 aliphatic heterocycles. The van der Waals surface area contributed by atoms with Crippen molar-refractivity contribution in [1.29, 1.82) is 0 Å². The Bertz CT molecular complexity index is 1270. The average Bonchev–Trinajstić information content (AvgIpc) is 3.45. The second-order valence-electron chi connectivity index (χ2n) is 24.5. The van der Waals surface area contributed by atoms with Gasteiger partial charge in [-0.3, -0.25) is 14.4 Å². The zero-order valence-corrected chi connectivity index (χ0v) is 53.7. The second kappa shape index (κ2) is 68.4. The van der Waals surface area contributed by atoms with Crippen LogP contribution in [0, 0.1) is 0 Å². The van der Waals surface area contributed by atoms with Crippen LogP contribution in [0.5, 0.6) is 0 Å². The molecule has 0 heterocycles. The molecule has 0 aliphatic carbocycles. The predicted octanol–water partition coefficient (Wildman–Crippen LogP) is 24.6. The van der Waals surface area contributed by atoms with Gasteiger partial charge in [0, 0.05) is 19.3 Å². The van der Waals surface area contributed by atoms with Crippen molar-refractivity contribution in [2.24, 2.45) is 0 Å². The van der Waals surface area contributed by atoms with Gasteiger partial charge in [-0.1, -0.05) is 360 Å². The molecule has 6 nitrogen and oxygen atoms in total. The van der Waals surface area contributed by atoms with Gasteiger partial charge in [0.2, 0.25) is 0 Å². The van der Waals surface area contributed by atoms with Gasteiger partial charge in [0.25, 0.3) is 0 Å². The molecule has 0 aliphatic rings. The average molecular weight is 1110 g/mol. The first-order chi connectivity index (χ1) is 39.0. The SMILES string of the molecule is CCCCCCC/C=C\C/C=C\CCCCCCCCCCCCCCCCCC(=O)OCC(COC(=O)CCCCCCCCCCC)OC(=O)CCCCCCCCCCCCCCCCCCCCCCCCCCC. The van der Waals surface area contributed by atoms with E-state index in [4.69, 9.17) is 14.2 Å². The molecule has 0 rings (SSSR count). The third-order valence-electron chi connectivity index (χ3n) is 16.5. The fraction of sp³-hybridized carbons (Fsp3) is 0.904. The van der Waals surface area contributed by atoms with E-state index in [-0.39, 0.29) is 31.1 Å². The van der Waals surface area contributed by atoms with Crippen molar-refractivity contribution >= 4 is 17.9 Å². The molecule has 0 bridgehead atoms. The zero-order valence-electron chi connectivity index (χ0n) is 53.7. The van der Waals surface area contributed by atoms with E-state index in [0.717, 1.165) is 64.2 Å². The zero-order chi connectivity index (χ0) is 57.1. The molecule has 0 aromatic heterocycles. The molecule has 0 amide bonds. The topological polar surface area (TPSA) is 78.9 Å². The van der Waals surface area contributed by atoms with E-state index < -0.39 is 6.10 Å². The fourth-order valence-electron chi connectivity index (χ4n) is 11.1. The van der Waals surface area contributed by atoms with E-state index in [1.165, 1.54) is 302 Å². The molecule has 0 saturated carbocycles. The molecule has 1 atom stereocenters. The molecule has 0 aromatic rings. The van der Waals surface area contributed by atoms with E-state index in [9.17, 15) is 14.4 Å². The third-order valence-corrected chi connectivity index (χ3v) is 16.5. The lowest BCUT2D eigenvalue weighted by Crippen LogP contribution is -2.30. The number of carbonyl (C=O) groups excluding carboxylic acids is 3. The van der Waals surface area contributed by atoms with Crippen molar-refractivity contribution < 1.29 is 28.6 Å². The smallest absolute Gasteiger partial charge is 0.306 e. The highest BCUT2D eigenvalue weighted by atomic mass is 16.6. The number of hydrogen-bond acceptors (Lipinski definition) is 6. The van der Waals surface area contributed by atoms with Crippen LogP contribution in [0.4, 0.5) is 0 Å². The van der Waals surface area contributed by atoms with Gasteiger partial charge in [0.15, 0.2) is 6.10 Å². The fourth-order valence-corrected chi connectivity index (χ4v) is 11.1. The largest absolute Gasteiger partial charge is 0.462 e. The van der Waals surface area contributed by atoms with Gasteiger partial charge in [-0.2, -0.15) is 0 Å². The van der Waals surface area contributed by atoms with Crippen molar-refractivity contribution in [1.82, 2.24) is 0 Å². The molecule has 0 aromatic carbocycles. The highest BCUT2D eigenvalue weighted by molar-refractivity contribution is 5.71. The van der Waals surface area contributed by atoms with Gasteiger partial charge in [-0.05, 0) is 51.4 Å². The van der Waals surface area contributed by atoms with Crippen LogP contribution in [0.25, 0.3) is 0 Å². The van der Waals surface area contributed by atoms with Crippen molar-refractivity contribution in [3.63, 3.8) is 0 Å². The van der Waals surface area contributed by atoms with Crippen LogP contribution in [0.15, 0.2) is 24.3 Å². The molecule has 79 heavy (non-hydrogen) atoms. The Hall–Kier alpha value is -2.11. The highest BCUT2D eigenvalue weighted by Crippen LogP contribution is 2.19. The quantitative estimate of drug-likeness (QED) is 0.0261. The van der Waals surface area contributed by atoms with Crippen LogP contribution in [-0.4, -0.2) is 37.2 Å². The minimum absolute atomic E-state index is 0.0644. The first kappa shape index (κ1) is 76.9. The number of rotatable bonds is 67. The standard InChI is InChI=1S/C73H138O6/c1-4-7-10-13-16-19-21-23-25-27-29-31-33-35-36-38-39-41-43-45-47-49-51-54-57-60-63-66-72(75)78-69-70(68-77-71(74)65-62-59-56-53-18-15-12-9-6-3)79-73(76)67-64-61-58-55-52-50-48-46-44-42-40-37-34-32-30-28-26-24-22-20-17-14-11-8-5-2/h21,23,27,29,70H,4-20,22,24-26,28,30-69H2,1-3H3/b23-21-,29-27-. The summed E-state index contributed by atoms with van der Waals surface area (Å²) >= 11 is 0. The predicted molar refractivity (Wildman–Crippen MR) is 344 cm³/mol. The molecular weight excluding hydrogens is 973 g/mol. The van der Waals surface area contributed by atoms with Crippen LogP contribution in [-0.2, 0) is 28.6 Å². The molecule has 0 spiro atoms. The summed E-state index contributed by atoms with van der Waals surface area (Å²) in [7, 11) is 0. The number of unbranched alkanes of at least 4 members (excludes halogenated alkanes) is 52. The molecule has 0 N–H and O–H groups in total. The summed E-state index contributed by atoms with van der Waals surface area (Å²) in [6.07, 6.45) is 83.7. The molecule has 1 unspecified atom stereocenters. The van der Waals surface area contributed by atoms with Gasteiger partial charge in [0.1, 0.15) is 13.2 Å².